The Bertz CT molecular complexity index is 581. The van der Waals surface area contributed by atoms with Gasteiger partial charge in [-0.15, -0.1) is 0 Å². The van der Waals surface area contributed by atoms with Crippen LogP contribution >= 0.6 is 0 Å². The standard InChI is InChI=1S/C18H25N3O2/c1-20(11-12-21-9-5-2-6-10-21)18(23)15-13-17(22)19-16-8-4-3-7-14(15)16/h3-4,7-8,15H,2,5-6,9-13H2,1H3,(H,19,22)/t15-/m0/s1. The lowest BCUT2D eigenvalue weighted by atomic mass is 9.89. The van der Waals surface area contributed by atoms with Crippen molar-refractivity contribution >= 4 is 17.5 Å². The number of hydrogen-bond donors (Lipinski definition) is 1. The van der Waals surface area contributed by atoms with Crippen molar-refractivity contribution in [3.05, 3.63) is 29.8 Å². The van der Waals surface area contributed by atoms with Crippen molar-refractivity contribution in [2.75, 3.05) is 38.5 Å². The van der Waals surface area contributed by atoms with Gasteiger partial charge in [0, 0.05) is 32.2 Å². The highest BCUT2D eigenvalue weighted by molar-refractivity contribution is 6.01. The van der Waals surface area contributed by atoms with Crippen LogP contribution in [0.1, 0.15) is 37.2 Å². The molecule has 0 aliphatic carbocycles. The van der Waals surface area contributed by atoms with Crippen LogP contribution in [-0.2, 0) is 9.59 Å². The molecule has 1 fully saturated rings. The number of likely N-dealkylation sites (N-methyl/N-ethyl adjacent to an activating group) is 1. The van der Waals surface area contributed by atoms with Gasteiger partial charge in [-0.25, -0.2) is 0 Å². The molecule has 2 amide bonds. The number of carbonyl (C=O) groups excluding carboxylic acids is 2. The Morgan fingerprint density at radius 2 is 2.00 bits per heavy atom. The van der Waals surface area contributed by atoms with Gasteiger partial charge in [0.15, 0.2) is 0 Å². The molecule has 0 radical (unpaired) electrons. The summed E-state index contributed by atoms with van der Waals surface area (Å²) in [5.41, 5.74) is 1.70. The van der Waals surface area contributed by atoms with E-state index in [1.165, 1.54) is 19.3 Å². The number of benzene rings is 1. The summed E-state index contributed by atoms with van der Waals surface area (Å²) < 4.78 is 0. The van der Waals surface area contributed by atoms with E-state index in [9.17, 15) is 9.59 Å². The van der Waals surface area contributed by atoms with Crippen LogP contribution in [0.3, 0.4) is 0 Å². The van der Waals surface area contributed by atoms with Gasteiger partial charge >= 0.3 is 0 Å². The van der Waals surface area contributed by atoms with Crippen molar-refractivity contribution in [1.29, 1.82) is 0 Å². The Kier molecular flexibility index (Phi) is 4.96. The Morgan fingerprint density at radius 1 is 1.26 bits per heavy atom. The molecule has 0 unspecified atom stereocenters. The van der Waals surface area contributed by atoms with E-state index in [0.717, 1.165) is 37.4 Å². The van der Waals surface area contributed by atoms with E-state index in [2.05, 4.69) is 10.2 Å². The molecule has 2 aliphatic rings. The van der Waals surface area contributed by atoms with Crippen molar-refractivity contribution in [3.63, 3.8) is 0 Å². The Balaban J connectivity index is 1.63. The molecule has 1 saturated heterocycles. The van der Waals surface area contributed by atoms with Gasteiger partial charge in [-0.05, 0) is 37.6 Å². The minimum Gasteiger partial charge on any atom is -0.344 e. The van der Waals surface area contributed by atoms with Crippen LogP contribution in [-0.4, -0.2) is 54.8 Å². The summed E-state index contributed by atoms with van der Waals surface area (Å²) in [7, 11) is 1.85. The van der Waals surface area contributed by atoms with Crippen molar-refractivity contribution in [2.45, 2.75) is 31.6 Å². The second kappa shape index (κ2) is 7.13. The van der Waals surface area contributed by atoms with Gasteiger partial charge in [0.05, 0.1) is 5.92 Å². The number of rotatable bonds is 4. The van der Waals surface area contributed by atoms with Gasteiger partial charge in [0.2, 0.25) is 11.8 Å². The number of para-hydroxylation sites is 1. The molecule has 0 aromatic heterocycles. The van der Waals surface area contributed by atoms with E-state index >= 15 is 0 Å². The van der Waals surface area contributed by atoms with E-state index < -0.39 is 0 Å². The van der Waals surface area contributed by atoms with Crippen LogP contribution in [0.25, 0.3) is 0 Å². The molecule has 0 spiro atoms. The van der Waals surface area contributed by atoms with Crippen LogP contribution in [0.15, 0.2) is 24.3 Å². The van der Waals surface area contributed by atoms with E-state index in [-0.39, 0.29) is 24.2 Å². The molecule has 23 heavy (non-hydrogen) atoms. The van der Waals surface area contributed by atoms with E-state index in [1.54, 1.807) is 4.90 Å². The number of anilines is 1. The molecular formula is C18H25N3O2. The van der Waals surface area contributed by atoms with Crippen molar-refractivity contribution in [2.24, 2.45) is 0 Å². The Labute approximate surface area is 137 Å². The number of amides is 2. The summed E-state index contributed by atoms with van der Waals surface area (Å²) in [6.07, 6.45) is 4.07. The van der Waals surface area contributed by atoms with Gasteiger partial charge < -0.3 is 15.1 Å². The van der Waals surface area contributed by atoms with Gasteiger partial charge in [0.25, 0.3) is 0 Å². The number of piperidine rings is 1. The molecule has 3 rings (SSSR count). The van der Waals surface area contributed by atoms with E-state index in [0.29, 0.717) is 0 Å². The molecule has 5 nitrogen and oxygen atoms in total. The first-order chi connectivity index (χ1) is 11.1. The first-order valence-electron chi connectivity index (χ1n) is 8.51. The molecule has 124 valence electrons. The highest BCUT2D eigenvalue weighted by Gasteiger charge is 2.32. The van der Waals surface area contributed by atoms with Crippen LogP contribution in [0.5, 0.6) is 0 Å². The number of fused-ring (bicyclic) bond motifs is 1. The first kappa shape index (κ1) is 16.0. The summed E-state index contributed by atoms with van der Waals surface area (Å²) in [5.74, 6) is -0.387. The molecular weight excluding hydrogens is 290 g/mol. The zero-order valence-electron chi connectivity index (χ0n) is 13.8. The third-order valence-electron chi connectivity index (χ3n) is 4.87. The molecule has 5 heteroatoms. The average Bonchev–Trinajstić information content (AvgIpc) is 2.59. The predicted molar refractivity (Wildman–Crippen MR) is 90.4 cm³/mol. The first-order valence-corrected chi connectivity index (χ1v) is 8.51. The molecule has 2 aliphatic heterocycles. The van der Waals surface area contributed by atoms with Crippen molar-refractivity contribution in [3.8, 4) is 0 Å². The lowest BCUT2D eigenvalue weighted by molar-refractivity contribution is -0.134. The molecule has 0 bridgehead atoms. The van der Waals surface area contributed by atoms with Crippen molar-refractivity contribution < 1.29 is 9.59 Å². The molecule has 2 heterocycles. The fraction of sp³-hybridized carbons (Fsp3) is 0.556. The monoisotopic (exact) mass is 315 g/mol. The summed E-state index contributed by atoms with van der Waals surface area (Å²) >= 11 is 0. The Hall–Kier alpha value is -1.88. The fourth-order valence-corrected chi connectivity index (χ4v) is 3.48. The quantitative estimate of drug-likeness (QED) is 0.925. The molecule has 1 aromatic rings. The highest BCUT2D eigenvalue weighted by atomic mass is 16.2. The van der Waals surface area contributed by atoms with E-state index in [1.807, 2.05) is 31.3 Å². The smallest absolute Gasteiger partial charge is 0.230 e. The maximum absolute atomic E-state index is 12.8. The summed E-state index contributed by atoms with van der Waals surface area (Å²) in [6, 6.07) is 7.60. The van der Waals surface area contributed by atoms with Crippen LogP contribution in [0.4, 0.5) is 5.69 Å². The minimum absolute atomic E-state index is 0.0457. The lowest BCUT2D eigenvalue weighted by Crippen LogP contribution is -2.41. The number of likely N-dealkylation sites (tertiary alicyclic amines) is 1. The third kappa shape index (κ3) is 3.72. The second-order valence-electron chi connectivity index (χ2n) is 6.55. The van der Waals surface area contributed by atoms with Gasteiger partial charge in [-0.3, -0.25) is 9.59 Å². The zero-order chi connectivity index (χ0) is 16.2. The van der Waals surface area contributed by atoms with Crippen molar-refractivity contribution in [1.82, 2.24) is 9.80 Å². The topological polar surface area (TPSA) is 52.7 Å². The normalized spacial score (nSPS) is 21.4. The maximum atomic E-state index is 12.8. The number of nitrogens with one attached hydrogen (secondary N) is 1. The highest BCUT2D eigenvalue weighted by Crippen LogP contribution is 2.33. The number of hydrogen-bond acceptors (Lipinski definition) is 3. The molecule has 1 N–H and O–H groups in total. The summed E-state index contributed by atoms with van der Waals surface area (Å²) in [6.45, 7) is 3.91. The lowest BCUT2D eigenvalue weighted by Gasteiger charge is -2.31. The second-order valence-corrected chi connectivity index (χ2v) is 6.55. The van der Waals surface area contributed by atoms with Gasteiger partial charge in [-0.1, -0.05) is 24.6 Å². The van der Waals surface area contributed by atoms with E-state index in [4.69, 9.17) is 0 Å². The van der Waals surface area contributed by atoms with Crippen LogP contribution in [0.2, 0.25) is 0 Å². The Morgan fingerprint density at radius 3 is 2.78 bits per heavy atom. The minimum atomic E-state index is -0.355. The molecule has 1 atom stereocenters. The molecule has 0 saturated carbocycles. The predicted octanol–water partition coefficient (Wildman–Crippen LogP) is 2.06. The van der Waals surface area contributed by atoms with Crippen LogP contribution < -0.4 is 5.32 Å². The molecule has 1 aromatic carbocycles. The fourth-order valence-electron chi connectivity index (χ4n) is 3.48. The number of carbonyl (C=O) groups is 2. The SMILES string of the molecule is CN(CCN1CCCCC1)C(=O)[C@H]1CC(=O)Nc2ccccc21. The average molecular weight is 315 g/mol. The number of nitrogens with zero attached hydrogens (tertiary/aromatic N) is 2. The van der Waals surface area contributed by atoms with Gasteiger partial charge in [-0.2, -0.15) is 0 Å². The largest absolute Gasteiger partial charge is 0.344 e. The summed E-state index contributed by atoms with van der Waals surface area (Å²) in [4.78, 5) is 28.9. The van der Waals surface area contributed by atoms with Crippen LogP contribution in [0, 0.1) is 0 Å². The zero-order valence-corrected chi connectivity index (χ0v) is 13.8. The summed E-state index contributed by atoms with van der Waals surface area (Å²) in [5, 5.41) is 2.85. The third-order valence-corrected chi connectivity index (χ3v) is 4.87. The van der Waals surface area contributed by atoms with Gasteiger partial charge in [0.1, 0.15) is 0 Å². The maximum Gasteiger partial charge on any atom is 0.230 e.